The maximum atomic E-state index is 13.9. The molecule has 0 radical (unpaired) electrons. The van der Waals surface area contributed by atoms with Crippen LogP contribution in [0.15, 0.2) is 48.5 Å². The summed E-state index contributed by atoms with van der Waals surface area (Å²) in [5, 5.41) is 2.74. The lowest BCUT2D eigenvalue weighted by molar-refractivity contribution is -0.146. The summed E-state index contributed by atoms with van der Waals surface area (Å²) in [5.41, 5.74) is 1.40. The van der Waals surface area contributed by atoms with E-state index in [4.69, 9.17) is 4.74 Å². The fraction of sp³-hybridized carbons (Fsp3) is 0.333. The molecule has 1 aliphatic heterocycles. The van der Waals surface area contributed by atoms with Gasteiger partial charge in [0.05, 0.1) is 18.8 Å². The predicted octanol–water partition coefficient (Wildman–Crippen LogP) is 2.36. The van der Waals surface area contributed by atoms with Crippen molar-refractivity contribution >= 4 is 17.5 Å². The zero-order valence-electron chi connectivity index (χ0n) is 16.0. The van der Waals surface area contributed by atoms with E-state index >= 15 is 0 Å². The predicted molar refractivity (Wildman–Crippen MR) is 105 cm³/mol. The van der Waals surface area contributed by atoms with Crippen LogP contribution in [0.1, 0.15) is 18.5 Å². The van der Waals surface area contributed by atoms with E-state index in [0.29, 0.717) is 31.9 Å². The van der Waals surface area contributed by atoms with Gasteiger partial charge in [-0.1, -0.05) is 24.3 Å². The van der Waals surface area contributed by atoms with Gasteiger partial charge in [-0.2, -0.15) is 0 Å². The van der Waals surface area contributed by atoms with Crippen molar-refractivity contribution in [2.24, 2.45) is 0 Å². The molecule has 6 nitrogen and oxygen atoms in total. The summed E-state index contributed by atoms with van der Waals surface area (Å²) >= 11 is 0. The van der Waals surface area contributed by atoms with Gasteiger partial charge >= 0.3 is 11.8 Å². The number of carbonyl (C=O) groups is 2. The first kappa shape index (κ1) is 19.7. The number of benzene rings is 2. The quantitative estimate of drug-likeness (QED) is 0.821. The van der Waals surface area contributed by atoms with Crippen LogP contribution in [-0.4, -0.2) is 50.0 Å². The maximum Gasteiger partial charge on any atom is 0.312 e. The van der Waals surface area contributed by atoms with Gasteiger partial charge in [0.15, 0.2) is 0 Å². The first-order chi connectivity index (χ1) is 13.5. The maximum absolute atomic E-state index is 13.9. The van der Waals surface area contributed by atoms with Gasteiger partial charge in [-0.05, 0) is 36.8 Å². The third-order valence-electron chi connectivity index (χ3n) is 4.92. The molecule has 1 aliphatic rings. The summed E-state index contributed by atoms with van der Waals surface area (Å²) in [6.07, 6.45) is 0. The summed E-state index contributed by atoms with van der Waals surface area (Å²) in [5.74, 6) is -0.754. The number of methoxy groups -OCH3 is 1. The number of para-hydroxylation sites is 1. The molecule has 0 bridgehead atoms. The minimum atomic E-state index is -0.636. The number of anilines is 1. The molecule has 1 N–H and O–H groups in total. The lowest BCUT2D eigenvalue weighted by Crippen LogP contribution is -2.53. The minimum Gasteiger partial charge on any atom is -0.497 e. The monoisotopic (exact) mass is 385 g/mol. The Morgan fingerprint density at radius 3 is 2.29 bits per heavy atom. The highest BCUT2D eigenvalue weighted by atomic mass is 19.1. The van der Waals surface area contributed by atoms with Crippen LogP contribution in [0, 0.1) is 5.82 Å². The zero-order chi connectivity index (χ0) is 20.1. The van der Waals surface area contributed by atoms with Crippen molar-refractivity contribution in [3.05, 3.63) is 59.9 Å². The van der Waals surface area contributed by atoms with Gasteiger partial charge in [-0.15, -0.1) is 0 Å². The molecule has 0 aromatic heterocycles. The second-order valence-corrected chi connectivity index (χ2v) is 6.70. The second kappa shape index (κ2) is 8.73. The van der Waals surface area contributed by atoms with E-state index < -0.39 is 11.8 Å². The summed E-state index contributed by atoms with van der Waals surface area (Å²) in [6.45, 7) is 3.53. The van der Waals surface area contributed by atoms with Crippen LogP contribution >= 0.6 is 0 Å². The lowest BCUT2D eigenvalue weighted by atomic mass is 10.1. The fourth-order valence-corrected chi connectivity index (χ4v) is 3.24. The highest BCUT2D eigenvalue weighted by Gasteiger charge is 2.27. The number of carbonyl (C=O) groups excluding carboxylic acids is 2. The highest BCUT2D eigenvalue weighted by Crippen LogP contribution is 2.20. The van der Waals surface area contributed by atoms with E-state index in [1.807, 2.05) is 36.1 Å². The van der Waals surface area contributed by atoms with Crippen LogP contribution in [0.25, 0.3) is 0 Å². The first-order valence-corrected chi connectivity index (χ1v) is 9.23. The van der Waals surface area contributed by atoms with Crippen LogP contribution in [0.5, 0.6) is 5.75 Å². The number of halogens is 1. The molecular formula is C21H24FN3O3. The molecule has 1 unspecified atom stereocenters. The lowest BCUT2D eigenvalue weighted by Gasteiger charge is -2.36. The second-order valence-electron chi connectivity index (χ2n) is 6.70. The van der Waals surface area contributed by atoms with Gasteiger partial charge in [-0.3, -0.25) is 9.59 Å². The van der Waals surface area contributed by atoms with E-state index in [1.165, 1.54) is 11.0 Å². The smallest absolute Gasteiger partial charge is 0.312 e. The molecular weight excluding hydrogens is 361 g/mol. The van der Waals surface area contributed by atoms with Crippen molar-refractivity contribution < 1.29 is 18.7 Å². The normalized spacial score (nSPS) is 15.1. The van der Waals surface area contributed by atoms with Crippen LogP contribution in [0.2, 0.25) is 0 Å². The summed E-state index contributed by atoms with van der Waals surface area (Å²) in [6, 6.07) is 13.6. The molecule has 0 spiro atoms. The minimum absolute atomic E-state index is 0.284. The van der Waals surface area contributed by atoms with Gasteiger partial charge in [0.2, 0.25) is 0 Å². The summed E-state index contributed by atoms with van der Waals surface area (Å²) in [4.78, 5) is 28.2. The van der Waals surface area contributed by atoms with Gasteiger partial charge in [0, 0.05) is 26.2 Å². The molecule has 0 saturated carbocycles. The number of nitrogens with one attached hydrogen (secondary N) is 1. The van der Waals surface area contributed by atoms with Gasteiger partial charge in [0.25, 0.3) is 0 Å². The van der Waals surface area contributed by atoms with Crippen molar-refractivity contribution in [2.45, 2.75) is 13.0 Å². The van der Waals surface area contributed by atoms with Crippen molar-refractivity contribution in [1.29, 1.82) is 0 Å². The molecule has 1 heterocycles. The number of rotatable bonds is 4. The Balaban J connectivity index is 1.54. The Labute approximate surface area is 163 Å². The molecule has 2 amide bonds. The van der Waals surface area contributed by atoms with Crippen molar-refractivity contribution in [3.63, 3.8) is 0 Å². The van der Waals surface area contributed by atoms with E-state index in [-0.39, 0.29) is 11.9 Å². The van der Waals surface area contributed by atoms with Gasteiger partial charge in [0.1, 0.15) is 11.6 Å². The largest absolute Gasteiger partial charge is 0.497 e. The molecule has 3 rings (SSSR count). The molecule has 7 heteroatoms. The molecule has 0 aliphatic carbocycles. The SMILES string of the molecule is COc1ccc(C(C)NC(=O)C(=O)N2CCN(c3ccccc3F)CC2)cc1. The zero-order valence-corrected chi connectivity index (χ0v) is 16.0. The number of ether oxygens (including phenoxy) is 1. The van der Waals surface area contributed by atoms with Gasteiger partial charge in [-0.25, -0.2) is 4.39 Å². The Bertz CT molecular complexity index is 833. The number of hydrogen-bond donors (Lipinski definition) is 1. The first-order valence-electron chi connectivity index (χ1n) is 9.23. The van der Waals surface area contributed by atoms with Crippen LogP contribution in [-0.2, 0) is 9.59 Å². The Morgan fingerprint density at radius 1 is 1.04 bits per heavy atom. The molecule has 2 aromatic carbocycles. The highest BCUT2D eigenvalue weighted by molar-refractivity contribution is 6.35. The molecule has 2 aromatic rings. The topological polar surface area (TPSA) is 61.9 Å². The van der Waals surface area contributed by atoms with Crippen LogP contribution in [0.3, 0.4) is 0 Å². The molecule has 28 heavy (non-hydrogen) atoms. The van der Waals surface area contributed by atoms with Crippen LogP contribution < -0.4 is 15.0 Å². The van der Waals surface area contributed by atoms with Gasteiger partial charge < -0.3 is 19.9 Å². The summed E-state index contributed by atoms with van der Waals surface area (Å²) in [7, 11) is 1.59. The van der Waals surface area contributed by atoms with Crippen molar-refractivity contribution in [2.75, 3.05) is 38.2 Å². The number of hydrogen-bond acceptors (Lipinski definition) is 4. The molecule has 1 fully saturated rings. The third kappa shape index (κ3) is 4.42. The molecule has 1 saturated heterocycles. The standard InChI is InChI=1S/C21H24FN3O3/c1-15(16-7-9-17(28-2)10-8-16)23-20(26)21(27)25-13-11-24(12-14-25)19-6-4-3-5-18(19)22/h3-10,15H,11-14H2,1-2H3,(H,23,26). The number of amides is 2. The van der Waals surface area contributed by atoms with Crippen molar-refractivity contribution in [1.82, 2.24) is 10.2 Å². The Morgan fingerprint density at radius 2 is 1.68 bits per heavy atom. The number of nitrogens with zero attached hydrogens (tertiary/aromatic N) is 2. The summed E-state index contributed by atoms with van der Waals surface area (Å²) < 4.78 is 19.0. The third-order valence-corrected chi connectivity index (χ3v) is 4.92. The van der Waals surface area contributed by atoms with E-state index in [2.05, 4.69) is 5.32 Å². The Kier molecular flexibility index (Phi) is 6.13. The van der Waals surface area contributed by atoms with Crippen LogP contribution in [0.4, 0.5) is 10.1 Å². The number of piperazine rings is 1. The molecule has 1 atom stereocenters. The van der Waals surface area contributed by atoms with E-state index in [1.54, 1.807) is 25.3 Å². The Hall–Kier alpha value is -3.09. The molecule has 148 valence electrons. The van der Waals surface area contributed by atoms with Crippen molar-refractivity contribution in [3.8, 4) is 5.75 Å². The van der Waals surface area contributed by atoms with E-state index in [0.717, 1.165) is 11.3 Å². The average Bonchev–Trinajstić information content (AvgIpc) is 2.73. The fourth-order valence-electron chi connectivity index (χ4n) is 3.24. The average molecular weight is 385 g/mol. The van der Waals surface area contributed by atoms with E-state index in [9.17, 15) is 14.0 Å².